The molecule has 3 heterocycles. The number of nitrogens with zero attached hydrogens (tertiary/aromatic N) is 5. The van der Waals surface area contributed by atoms with Gasteiger partial charge in [-0.25, -0.2) is 4.79 Å². The van der Waals surface area contributed by atoms with Gasteiger partial charge in [-0.3, -0.25) is 30.0 Å². The lowest BCUT2D eigenvalue weighted by atomic mass is 10.1. The van der Waals surface area contributed by atoms with Crippen LogP contribution in [0.1, 0.15) is 31.1 Å². The zero-order chi connectivity index (χ0) is 19.0. The molecule has 1 unspecified atom stereocenters. The van der Waals surface area contributed by atoms with Crippen LogP contribution in [0.15, 0.2) is 11.2 Å². The molecule has 3 amide bonds. The largest absolute Gasteiger partial charge is 0.368 e. The van der Waals surface area contributed by atoms with Crippen LogP contribution >= 0.6 is 0 Å². The van der Waals surface area contributed by atoms with Gasteiger partial charge < -0.3 is 10.6 Å². The molecule has 2 bridgehead atoms. The molecule has 2 aliphatic heterocycles. The first-order chi connectivity index (χ1) is 12.0. The molecule has 11 nitrogen and oxygen atoms in total. The maximum atomic E-state index is 11.4. The fraction of sp³-hybridized carbons (Fsp3) is 0.571. The minimum absolute atomic E-state index is 0.147. The molecule has 1 aromatic rings. The van der Waals surface area contributed by atoms with Gasteiger partial charge in [-0.2, -0.15) is 10.2 Å². The summed E-state index contributed by atoms with van der Waals surface area (Å²) in [6.07, 6.45) is 3.03. The van der Waals surface area contributed by atoms with Crippen LogP contribution < -0.4 is 11.2 Å². The molecule has 11 heteroatoms. The number of aliphatic imine (C=N–C) groups is 1. The number of rotatable bonds is 4. The molecule has 1 atom stereocenters. The number of carbonyl (C=O) groups is 2. The molecule has 0 aliphatic carbocycles. The van der Waals surface area contributed by atoms with Crippen LogP contribution in [0.25, 0.3) is 0 Å². The van der Waals surface area contributed by atoms with Crippen molar-refractivity contribution < 1.29 is 19.6 Å². The molecule has 0 aromatic carbocycles. The third-order valence-electron chi connectivity index (χ3n) is 3.43. The van der Waals surface area contributed by atoms with Gasteiger partial charge in [0.25, 0.3) is 0 Å². The summed E-state index contributed by atoms with van der Waals surface area (Å²) in [6.45, 7) is 4.96. The number of hydrogen-bond donors (Lipinski definition) is 3. The van der Waals surface area contributed by atoms with Crippen molar-refractivity contribution in [3.8, 4) is 0 Å². The Hall–Kier alpha value is -2.66. The molecule has 1 fully saturated rings. The Morgan fingerprint density at radius 3 is 2.88 bits per heavy atom. The van der Waals surface area contributed by atoms with Crippen LogP contribution in [0.3, 0.4) is 0 Å². The van der Waals surface area contributed by atoms with Crippen molar-refractivity contribution in [3.05, 3.63) is 17.5 Å². The first-order valence-electron chi connectivity index (χ1n) is 7.79. The van der Waals surface area contributed by atoms with E-state index in [-0.39, 0.29) is 18.7 Å². The maximum absolute atomic E-state index is 11.4. The lowest BCUT2D eigenvalue weighted by molar-refractivity contribution is -0.123. The molecular weight excluding hydrogens is 330 g/mol. The Morgan fingerprint density at radius 1 is 1.60 bits per heavy atom. The van der Waals surface area contributed by atoms with Crippen molar-refractivity contribution >= 4 is 18.3 Å². The Morgan fingerprint density at radius 2 is 2.28 bits per heavy atom. The topological polar surface area (TPSA) is 138 Å². The summed E-state index contributed by atoms with van der Waals surface area (Å²) in [6, 6.07) is -0.550. The number of aromatic nitrogens is 2. The molecule has 140 valence electrons. The molecule has 1 saturated heterocycles. The Labute approximate surface area is 145 Å². The van der Waals surface area contributed by atoms with Gasteiger partial charge in [0.05, 0.1) is 25.0 Å². The highest BCUT2D eigenvalue weighted by Gasteiger charge is 2.43. The van der Waals surface area contributed by atoms with Crippen LogP contribution in [-0.4, -0.2) is 63.4 Å². The second-order valence-corrected chi connectivity index (χ2v) is 4.95. The van der Waals surface area contributed by atoms with Crippen LogP contribution in [0.4, 0.5) is 4.79 Å². The molecule has 4 N–H and O–H groups in total. The maximum Gasteiger partial charge on any atom is 0.344 e. The van der Waals surface area contributed by atoms with E-state index in [2.05, 4.69) is 20.4 Å². The average Bonchev–Trinajstić information content (AvgIpc) is 3.09. The fourth-order valence-electron chi connectivity index (χ4n) is 2.34. The SMILES string of the molecule is CC.CN=CNOCC(N)=O.Cn1ncc2c1CN1CC2N(O)C1=O. The highest BCUT2D eigenvalue weighted by molar-refractivity contribution is 5.77. The van der Waals surface area contributed by atoms with E-state index in [1.54, 1.807) is 22.8 Å². The molecule has 0 radical (unpaired) electrons. The number of urea groups is 1. The number of hydroxylamine groups is 3. The zero-order valence-corrected chi connectivity index (χ0v) is 14.8. The van der Waals surface area contributed by atoms with Gasteiger partial charge in [-0.15, -0.1) is 0 Å². The molecular formula is C14H25N7O4. The summed E-state index contributed by atoms with van der Waals surface area (Å²) in [4.78, 5) is 31.0. The zero-order valence-electron chi connectivity index (χ0n) is 14.8. The van der Waals surface area contributed by atoms with Gasteiger partial charge in [-0.05, 0) is 0 Å². The summed E-state index contributed by atoms with van der Waals surface area (Å²) < 4.78 is 1.75. The fourth-order valence-corrected chi connectivity index (χ4v) is 2.34. The first kappa shape index (κ1) is 20.4. The molecule has 1 aromatic heterocycles. The third kappa shape index (κ3) is 4.90. The molecule has 2 aliphatic rings. The monoisotopic (exact) mass is 355 g/mol. The van der Waals surface area contributed by atoms with Crippen LogP contribution in [0.2, 0.25) is 0 Å². The standard InChI is InChI=1S/C8H10N4O2.C4H9N3O2.C2H6/c1-10-6-3-11-4-7(5(6)2-9-10)12(14)8(11)13;1-6-3-7-9-2-4(5)8;1-2/h2,7,14H,3-4H2,1H3;3H,2H2,1H3,(H2,5,8)(H,6,7);1-2H3. The quantitative estimate of drug-likeness (QED) is 0.224. The highest BCUT2D eigenvalue weighted by atomic mass is 16.6. The predicted molar refractivity (Wildman–Crippen MR) is 89.4 cm³/mol. The van der Waals surface area contributed by atoms with E-state index < -0.39 is 5.91 Å². The van der Waals surface area contributed by atoms with Crippen molar-refractivity contribution in [2.45, 2.75) is 26.4 Å². The van der Waals surface area contributed by atoms with Gasteiger partial charge in [-0.1, -0.05) is 13.8 Å². The number of aryl methyl sites for hydroxylation is 1. The van der Waals surface area contributed by atoms with Gasteiger partial charge in [0.1, 0.15) is 12.4 Å². The van der Waals surface area contributed by atoms with Crippen LogP contribution in [0.5, 0.6) is 0 Å². The van der Waals surface area contributed by atoms with Crippen LogP contribution in [-0.2, 0) is 23.2 Å². The minimum atomic E-state index is -0.521. The van der Waals surface area contributed by atoms with Crippen molar-refractivity contribution in [3.63, 3.8) is 0 Å². The Balaban J connectivity index is 0.000000250. The lowest BCUT2D eigenvalue weighted by Crippen LogP contribution is -2.29. The summed E-state index contributed by atoms with van der Waals surface area (Å²) >= 11 is 0. The molecule has 0 saturated carbocycles. The normalized spacial score (nSPS) is 17.5. The second kappa shape index (κ2) is 9.59. The summed E-state index contributed by atoms with van der Waals surface area (Å²) in [5.74, 6) is -0.521. The van der Waals surface area contributed by atoms with E-state index in [1.165, 1.54) is 6.34 Å². The summed E-state index contributed by atoms with van der Waals surface area (Å²) in [5, 5.41) is 14.4. The van der Waals surface area contributed by atoms with Gasteiger partial charge in [0, 0.05) is 19.7 Å². The number of fused-ring (bicyclic) bond motifs is 4. The molecule has 0 spiro atoms. The van der Waals surface area contributed by atoms with E-state index in [0.29, 0.717) is 13.1 Å². The minimum Gasteiger partial charge on any atom is -0.368 e. The molecule has 3 rings (SSSR count). The first-order valence-corrected chi connectivity index (χ1v) is 7.79. The van der Waals surface area contributed by atoms with E-state index >= 15 is 0 Å². The molecule has 25 heavy (non-hydrogen) atoms. The van der Waals surface area contributed by atoms with E-state index in [4.69, 9.17) is 5.73 Å². The van der Waals surface area contributed by atoms with Crippen LogP contribution in [0, 0.1) is 0 Å². The number of primary amides is 1. The van der Waals surface area contributed by atoms with Gasteiger partial charge in [0.15, 0.2) is 6.61 Å². The smallest absolute Gasteiger partial charge is 0.344 e. The van der Waals surface area contributed by atoms with Crippen molar-refractivity contribution in [2.75, 3.05) is 20.2 Å². The third-order valence-corrected chi connectivity index (χ3v) is 3.43. The van der Waals surface area contributed by atoms with Crippen molar-refractivity contribution in [1.82, 2.24) is 25.2 Å². The number of amides is 3. The summed E-state index contributed by atoms with van der Waals surface area (Å²) in [5.41, 5.74) is 8.96. The Kier molecular flexibility index (Phi) is 7.82. The Bertz CT molecular complexity index is 616. The van der Waals surface area contributed by atoms with Crippen molar-refractivity contribution in [1.29, 1.82) is 0 Å². The predicted octanol–water partition coefficient (Wildman–Crippen LogP) is -0.221. The number of carbonyl (C=O) groups excluding carboxylic acids is 2. The average molecular weight is 355 g/mol. The highest BCUT2D eigenvalue weighted by Crippen LogP contribution is 2.35. The number of hydrogen-bond acceptors (Lipinski definition) is 6. The summed E-state index contributed by atoms with van der Waals surface area (Å²) in [7, 11) is 3.41. The number of nitrogens with two attached hydrogens (primary N) is 1. The second-order valence-electron chi connectivity index (χ2n) is 4.95. The van der Waals surface area contributed by atoms with E-state index in [0.717, 1.165) is 16.3 Å². The van der Waals surface area contributed by atoms with E-state index in [9.17, 15) is 14.8 Å². The van der Waals surface area contributed by atoms with Gasteiger partial charge in [0.2, 0.25) is 5.91 Å². The lowest BCUT2D eigenvalue weighted by Gasteiger charge is -2.20. The van der Waals surface area contributed by atoms with Crippen molar-refractivity contribution in [2.24, 2.45) is 17.8 Å². The van der Waals surface area contributed by atoms with Gasteiger partial charge >= 0.3 is 6.03 Å². The number of nitrogens with one attached hydrogen (secondary N) is 1. The van der Waals surface area contributed by atoms with E-state index in [1.807, 2.05) is 20.9 Å².